The Kier molecular flexibility index (Phi) is 5.24. The van der Waals surface area contributed by atoms with Crippen LogP contribution in [-0.4, -0.2) is 63.8 Å². The predicted molar refractivity (Wildman–Crippen MR) is 122 cm³/mol. The van der Waals surface area contributed by atoms with Gasteiger partial charge in [0.1, 0.15) is 10.5 Å². The number of carbonyl (C=O) groups is 2. The van der Waals surface area contributed by atoms with E-state index in [9.17, 15) is 9.59 Å². The van der Waals surface area contributed by atoms with Gasteiger partial charge in [0.25, 0.3) is 5.91 Å². The Morgan fingerprint density at radius 3 is 2.45 bits per heavy atom. The molecule has 31 heavy (non-hydrogen) atoms. The number of urea groups is 1. The number of fused-ring (bicyclic) bond motifs is 1. The predicted octanol–water partition coefficient (Wildman–Crippen LogP) is 3.77. The molecule has 0 atom stereocenters. The van der Waals surface area contributed by atoms with Crippen molar-refractivity contribution in [3.05, 3.63) is 65.2 Å². The van der Waals surface area contributed by atoms with Gasteiger partial charge in [-0.15, -0.1) is 11.3 Å². The molecule has 2 aliphatic heterocycles. The molecule has 3 heterocycles. The third-order valence-electron chi connectivity index (χ3n) is 6.65. The van der Waals surface area contributed by atoms with Crippen LogP contribution in [0, 0.1) is 0 Å². The second-order valence-electron chi connectivity index (χ2n) is 8.42. The van der Waals surface area contributed by atoms with Crippen LogP contribution >= 0.6 is 11.3 Å². The summed E-state index contributed by atoms with van der Waals surface area (Å²) in [6, 6.07) is 18.0. The van der Waals surface area contributed by atoms with E-state index in [2.05, 4.69) is 11.0 Å². The fourth-order valence-corrected chi connectivity index (χ4v) is 5.75. The van der Waals surface area contributed by atoms with Crippen molar-refractivity contribution in [3.8, 4) is 0 Å². The van der Waals surface area contributed by atoms with Gasteiger partial charge in [0, 0.05) is 26.7 Å². The maximum Gasteiger partial charge on any atom is 0.327 e. The molecule has 6 nitrogen and oxygen atoms in total. The maximum atomic E-state index is 13.3. The zero-order valence-corrected chi connectivity index (χ0v) is 18.5. The summed E-state index contributed by atoms with van der Waals surface area (Å²) < 4.78 is 1.20. The number of piperidine rings is 1. The summed E-state index contributed by atoms with van der Waals surface area (Å²) in [5.41, 5.74) is 1.48. The molecule has 0 bridgehead atoms. The van der Waals surface area contributed by atoms with Crippen LogP contribution in [0.25, 0.3) is 10.2 Å². The Morgan fingerprint density at radius 2 is 1.71 bits per heavy atom. The molecule has 160 valence electrons. The van der Waals surface area contributed by atoms with E-state index in [1.807, 2.05) is 48.5 Å². The van der Waals surface area contributed by atoms with Crippen molar-refractivity contribution < 1.29 is 9.59 Å². The van der Waals surface area contributed by atoms with Gasteiger partial charge in [0.2, 0.25) is 0 Å². The minimum Gasteiger partial charge on any atom is -0.312 e. The van der Waals surface area contributed by atoms with Crippen LogP contribution in [0.2, 0.25) is 0 Å². The smallest absolute Gasteiger partial charge is 0.312 e. The molecule has 7 heteroatoms. The summed E-state index contributed by atoms with van der Waals surface area (Å²) >= 11 is 1.73. The number of thiazole rings is 1. The number of likely N-dealkylation sites (N-methyl/N-ethyl adjacent to an activating group) is 1. The van der Waals surface area contributed by atoms with E-state index in [1.165, 1.54) is 9.60 Å². The monoisotopic (exact) mass is 434 g/mol. The van der Waals surface area contributed by atoms with Gasteiger partial charge in [-0.25, -0.2) is 9.78 Å². The Bertz CT molecular complexity index is 1070. The van der Waals surface area contributed by atoms with Gasteiger partial charge in [-0.2, -0.15) is 0 Å². The third kappa shape index (κ3) is 3.62. The molecule has 0 saturated carbocycles. The number of nitrogens with zero attached hydrogens (tertiary/aromatic N) is 4. The van der Waals surface area contributed by atoms with Crippen LogP contribution in [0.5, 0.6) is 0 Å². The van der Waals surface area contributed by atoms with Crippen LogP contribution in [0.1, 0.15) is 23.4 Å². The lowest BCUT2D eigenvalue weighted by Crippen LogP contribution is -2.55. The molecule has 0 unspecified atom stereocenters. The lowest BCUT2D eigenvalue weighted by Gasteiger charge is -2.40. The lowest BCUT2D eigenvalue weighted by molar-refractivity contribution is -0.135. The Balaban J connectivity index is 1.24. The second-order valence-corrected chi connectivity index (χ2v) is 9.53. The first-order valence-electron chi connectivity index (χ1n) is 10.8. The Hall–Kier alpha value is -2.77. The molecular weight excluding hydrogens is 408 g/mol. The molecular formula is C24H26N4O2S. The summed E-state index contributed by atoms with van der Waals surface area (Å²) in [7, 11) is 1.78. The van der Waals surface area contributed by atoms with E-state index >= 15 is 0 Å². The average molecular weight is 435 g/mol. The number of rotatable bonds is 5. The van der Waals surface area contributed by atoms with Crippen molar-refractivity contribution in [2.24, 2.45) is 0 Å². The molecule has 2 saturated heterocycles. The topological polar surface area (TPSA) is 56.8 Å². The normalized spacial score (nSPS) is 19.1. The molecule has 5 rings (SSSR count). The average Bonchev–Trinajstić information content (AvgIpc) is 3.28. The third-order valence-corrected chi connectivity index (χ3v) is 7.67. The highest BCUT2D eigenvalue weighted by molar-refractivity contribution is 7.18. The van der Waals surface area contributed by atoms with Crippen molar-refractivity contribution in [1.29, 1.82) is 0 Å². The molecule has 2 aromatic carbocycles. The van der Waals surface area contributed by atoms with Gasteiger partial charge in [0.05, 0.1) is 16.8 Å². The van der Waals surface area contributed by atoms with Crippen molar-refractivity contribution in [2.45, 2.75) is 31.3 Å². The Morgan fingerprint density at radius 1 is 1.00 bits per heavy atom. The van der Waals surface area contributed by atoms with Crippen molar-refractivity contribution in [3.63, 3.8) is 0 Å². The minimum atomic E-state index is -0.697. The number of para-hydroxylation sites is 1. The number of aromatic nitrogens is 1. The van der Waals surface area contributed by atoms with Crippen molar-refractivity contribution in [1.82, 2.24) is 19.7 Å². The fraction of sp³-hybridized carbons (Fsp3) is 0.375. The molecule has 0 radical (unpaired) electrons. The van der Waals surface area contributed by atoms with Crippen LogP contribution in [0.15, 0.2) is 54.6 Å². The number of amides is 3. The molecule has 3 aromatic rings. The summed E-state index contributed by atoms with van der Waals surface area (Å²) in [5, 5.41) is 1.10. The molecule has 1 aromatic heterocycles. The summed E-state index contributed by atoms with van der Waals surface area (Å²) in [4.78, 5) is 36.5. The summed E-state index contributed by atoms with van der Waals surface area (Å²) in [5.74, 6) is -0.0319. The van der Waals surface area contributed by atoms with Gasteiger partial charge in [0.15, 0.2) is 0 Å². The molecule has 1 spiro atoms. The van der Waals surface area contributed by atoms with Crippen molar-refractivity contribution >= 4 is 33.5 Å². The quantitative estimate of drug-likeness (QED) is 0.574. The fourth-order valence-electron chi connectivity index (χ4n) is 4.74. The van der Waals surface area contributed by atoms with E-state index in [0.29, 0.717) is 25.8 Å². The highest BCUT2D eigenvalue weighted by Gasteiger charge is 2.56. The zero-order valence-electron chi connectivity index (χ0n) is 17.7. The number of hydrogen-bond donors (Lipinski definition) is 0. The highest BCUT2D eigenvalue weighted by atomic mass is 32.1. The molecule has 3 amide bonds. The van der Waals surface area contributed by atoms with E-state index < -0.39 is 5.54 Å². The van der Waals surface area contributed by atoms with Gasteiger partial charge in [-0.1, -0.05) is 42.5 Å². The lowest BCUT2D eigenvalue weighted by atomic mass is 9.86. The van der Waals surface area contributed by atoms with Crippen LogP contribution in [0.3, 0.4) is 0 Å². The van der Waals surface area contributed by atoms with E-state index in [1.54, 1.807) is 23.3 Å². The van der Waals surface area contributed by atoms with Crippen molar-refractivity contribution in [2.75, 3.05) is 26.7 Å². The SMILES string of the molecule is CN1C(=O)N(CCc2ccccc2)C(=O)C12CCN(Cc1nc3ccccc3s1)CC2. The number of hydrogen-bond acceptors (Lipinski definition) is 5. The van der Waals surface area contributed by atoms with Crippen LogP contribution < -0.4 is 0 Å². The van der Waals surface area contributed by atoms with E-state index in [0.717, 1.165) is 35.7 Å². The molecule has 0 aliphatic carbocycles. The largest absolute Gasteiger partial charge is 0.327 e. The summed E-state index contributed by atoms with van der Waals surface area (Å²) in [6.07, 6.45) is 2.02. The van der Waals surface area contributed by atoms with Gasteiger partial charge in [-0.05, 0) is 37.0 Å². The maximum absolute atomic E-state index is 13.3. The standard InChI is InChI=1S/C24H26N4O2S/c1-26-23(30)28(14-11-18-7-3-2-4-8-18)22(29)24(26)12-15-27(16-13-24)17-21-25-19-9-5-6-10-20(19)31-21/h2-10H,11-17H2,1H3. The molecule has 0 N–H and O–H groups in total. The minimum absolute atomic E-state index is 0.0319. The van der Waals surface area contributed by atoms with Crippen LogP contribution in [0.4, 0.5) is 4.79 Å². The first-order chi connectivity index (χ1) is 15.1. The van der Waals surface area contributed by atoms with E-state index in [-0.39, 0.29) is 11.9 Å². The number of benzene rings is 2. The molecule has 2 fully saturated rings. The van der Waals surface area contributed by atoms with Gasteiger partial charge < -0.3 is 4.90 Å². The number of likely N-dealkylation sites (tertiary alicyclic amines) is 1. The zero-order chi connectivity index (χ0) is 21.4. The second kappa shape index (κ2) is 8.05. The van der Waals surface area contributed by atoms with E-state index in [4.69, 9.17) is 4.98 Å². The first-order valence-corrected chi connectivity index (χ1v) is 11.6. The molecule has 2 aliphatic rings. The van der Waals surface area contributed by atoms with Gasteiger partial charge in [-0.3, -0.25) is 14.6 Å². The Labute approximate surface area is 186 Å². The highest BCUT2D eigenvalue weighted by Crippen LogP contribution is 2.37. The van der Waals surface area contributed by atoms with Crippen LogP contribution in [-0.2, 0) is 17.8 Å². The number of imide groups is 1. The summed E-state index contributed by atoms with van der Waals surface area (Å²) in [6.45, 7) is 2.79. The number of carbonyl (C=O) groups excluding carboxylic acids is 2. The first kappa shape index (κ1) is 20.2. The van der Waals surface area contributed by atoms with Gasteiger partial charge >= 0.3 is 6.03 Å².